The highest BCUT2D eigenvalue weighted by Gasteiger charge is 2.13. The van der Waals surface area contributed by atoms with E-state index in [-0.39, 0.29) is 18.9 Å². The maximum atomic E-state index is 11.8. The average Bonchev–Trinajstić information content (AvgIpc) is 2.34. The van der Waals surface area contributed by atoms with Gasteiger partial charge in [0.25, 0.3) is 0 Å². The van der Waals surface area contributed by atoms with Crippen molar-refractivity contribution in [2.24, 2.45) is 0 Å². The van der Waals surface area contributed by atoms with Crippen LogP contribution in [-0.2, 0) is 10.0 Å². The van der Waals surface area contributed by atoms with Gasteiger partial charge in [0.15, 0.2) is 0 Å². The number of sulfonamides is 1. The van der Waals surface area contributed by atoms with Crippen molar-refractivity contribution in [1.82, 2.24) is 5.32 Å². The van der Waals surface area contributed by atoms with E-state index in [0.29, 0.717) is 23.7 Å². The molecule has 0 aromatic heterocycles. The number of aliphatic hydroxyl groups is 1. The van der Waals surface area contributed by atoms with E-state index in [9.17, 15) is 8.42 Å². The molecule has 7 nitrogen and oxygen atoms in total. The van der Waals surface area contributed by atoms with Crippen LogP contribution in [0.4, 0.5) is 11.4 Å². The van der Waals surface area contributed by atoms with Crippen molar-refractivity contribution < 1.29 is 18.3 Å². The van der Waals surface area contributed by atoms with Crippen molar-refractivity contribution in [3.63, 3.8) is 0 Å². The monoisotopic (exact) mass is 289 g/mol. The summed E-state index contributed by atoms with van der Waals surface area (Å²) in [5.74, 6) is 0.298. The van der Waals surface area contributed by atoms with Gasteiger partial charge in [-0.1, -0.05) is 0 Å². The van der Waals surface area contributed by atoms with Crippen LogP contribution in [0.5, 0.6) is 5.75 Å². The molecule has 0 amide bonds. The van der Waals surface area contributed by atoms with Crippen molar-refractivity contribution in [3.8, 4) is 5.75 Å². The largest absolute Gasteiger partial charge is 0.495 e. The molecule has 0 radical (unpaired) electrons. The minimum atomic E-state index is -3.49. The van der Waals surface area contributed by atoms with Gasteiger partial charge in [0.1, 0.15) is 5.75 Å². The minimum Gasteiger partial charge on any atom is -0.495 e. The van der Waals surface area contributed by atoms with E-state index in [0.717, 1.165) is 0 Å². The molecule has 0 atom stereocenters. The van der Waals surface area contributed by atoms with Crippen LogP contribution < -0.4 is 20.5 Å². The lowest BCUT2D eigenvalue weighted by atomic mass is 10.2. The van der Waals surface area contributed by atoms with Gasteiger partial charge in [-0.3, -0.25) is 4.72 Å². The number of methoxy groups -OCH3 is 1. The number of anilines is 2. The maximum Gasteiger partial charge on any atom is 0.234 e. The minimum absolute atomic E-state index is 0.0312. The predicted molar refractivity (Wildman–Crippen MR) is 74.8 cm³/mol. The fourth-order valence-electron chi connectivity index (χ4n) is 1.43. The molecule has 0 unspecified atom stereocenters. The van der Waals surface area contributed by atoms with Crippen LogP contribution in [0.25, 0.3) is 0 Å². The second-order valence-corrected chi connectivity index (χ2v) is 5.70. The zero-order chi connectivity index (χ0) is 14.3. The Morgan fingerprint density at radius 2 is 2.11 bits per heavy atom. The summed E-state index contributed by atoms with van der Waals surface area (Å²) in [5.41, 5.74) is 6.36. The molecule has 108 valence electrons. The van der Waals surface area contributed by atoms with Gasteiger partial charge in [-0.05, 0) is 18.2 Å². The molecule has 5 N–H and O–H groups in total. The number of aliphatic hydroxyl groups excluding tert-OH is 1. The van der Waals surface area contributed by atoms with Gasteiger partial charge in [0, 0.05) is 18.8 Å². The number of hydrogen-bond donors (Lipinski definition) is 4. The third-order valence-electron chi connectivity index (χ3n) is 2.33. The Labute approximate surface area is 112 Å². The molecule has 8 heteroatoms. The van der Waals surface area contributed by atoms with Gasteiger partial charge >= 0.3 is 0 Å². The lowest BCUT2D eigenvalue weighted by Gasteiger charge is -2.12. The zero-order valence-corrected chi connectivity index (χ0v) is 11.5. The van der Waals surface area contributed by atoms with Crippen molar-refractivity contribution in [1.29, 1.82) is 0 Å². The molecule has 19 heavy (non-hydrogen) atoms. The highest BCUT2D eigenvalue weighted by molar-refractivity contribution is 7.92. The van der Waals surface area contributed by atoms with Gasteiger partial charge < -0.3 is 20.9 Å². The Morgan fingerprint density at radius 3 is 2.74 bits per heavy atom. The van der Waals surface area contributed by atoms with Gasteiger partial charge in [-0.25, -0.2) is 8.42 Å². The molecule has 0 fully saturated rings. The fourth-order valence-corrected chi connectivity index (χ4v) is 2.44. The van der Waals surface area contributed by atoms with Crippen LogP contribution in [0.15, 0.2) is 18.2 Å². The number of hydrogen-bond acceptors (Lipinski definition) is 6. The van der Waals surface area contributed by atoms with Crippen LogP contribution in [0, 0.1) is 0 Å². The Hall–Kier alpha value is -1.51. The zero-order valence-electron chi connectivity index (χ0n) is 10.7. The fraction of sp³-hybridized carbons (Fsp3) is 0.455. The smallest absolute Gasteiger partial charge is 0.234 e. The van der Waals surface area contributed by atoms with E-state index < -0.39 is 10.0 Å². The molecular weight excluding hydrogens is 270 g/mol. The normalized spacial score (nSPS) is 11.3. The van der Waals surface area contributed by atoms with E-state index in [4.69, 9.17) is 15.6 Å². The number of nitrogens with two attached hydrogens (primary N) is 1. The Morgan fingerprint density at radius 1 is 1.37 bits per heavy atom. The maximum absolute atomic E-state index is 11.8. The van der Waals surface area contributed by atoms with Crippen molar-refractivity contribution in [3.05, 3.63) is 18.2 Å². The molecule has 1 aromatic rings. The van der Waals surface area contributed by atoms with Crippen LogP contribution >= 0.6 is 0 Å². The molecular formula is C11H19N3O4S. The summed E-state index contributed by atoms with van der Waals surface area (Å²) in [5, 5.41) is 11.4. The van der Waals surface area contributed by atoms with Crippen molar-refractivity contribution >= 4 is 21.4 Å². The lowest BCUT2D eigenvalue weighted by Crippen LogP contribution is -2.28. The molecule has 0 aliphatic rings. The van der Waals surface area contributed by atoms with Crippen molar-refractivity contribution in [2.45, 2.75) is 0 Å². The Kier molecular flexibility index (Phi) is 5.87. The van der Waals surface area contributed by atoms with Crippen LogP contribution in [-0.4, -0.2) is 46.1 Å². The first-order valence-electron chi connectivity index (χ1n) is 5.74. The van der Waals surface area contributed by atoms with Crippen LogP contribution in [0.3, 0.4) is 0 Å². The first-order chi connectivity index (χ1) is 8.98. The second kappa shape index (κ2) is 7.17. The van der Waals surface area contributed by atoms with E-state index >= 15 is 0 Å². The summed E-state index contributed by atoms with van der Waals surface area (Å²) < 4.78 is 31.1. The summed E-state index contributed by atoms with van der Waals surface area (Å²) in [4.78, 5) is 0. The summed E-state index contributed by atoms with van der Waals surface area (Å²) in [6.07, 6.45) is 0. The first-order valence-corrected chi connectivity index (χ1v) is 7.39. The quantitative estimate of drug-likeness (QED) is 0.382. The highest BCUT2D eigenvalue weighted by atomic mass is 32.2. The number of rotatable bonds is 8. The van der Waals surface area contributed by atoms with Gasteiger partial charge in [-0.15, -0.1) is 0 Å². The number of ether oxygens (including phenoxy) is 1. The molecule has 1 aromatic carbocycles. The molecule has 0 spiro atoms. The van der Waals surface area contributed by atoms with E-state index in [1.54, 1.807) is 12.1 Å². The van der Waals surface area contributed by atoms with Gasteiger partial charge in [-0.2, -0.15) is 0 Å². The molecule has 0 heterocycles. The standard InChI is InChI=1S/C11H19N3O4S/c1-18-11-3-2-9(12)8-10(11)14-19(16,17)7-5-13-4-6-15/h2-3,8,13-15H,4-7,12H2,1H3. The summed E-state index contributed by atoms with van der Waals surface area (Å²) in [6.45, 7) is 0.578. The third kappa shape index (κ3) is 5.33. The van der Waals surface area contributed by atoms with Crippen molar-refractivity contribution in [2.75, 3.05) is 43.0 Å². The van der Waals surface area contributed by atoms with Crippen LogP contribution in [0.1, 0.15) is 0 Å². The molecule has 1 rings (SSSR count). The topological polar surface area (TPSA) is 114 Å². The summed E-state index contributed by atoms with van der Waals surface area (Å²) in [7, 11) is -2.04. The van der Waals surface area contributed by atoms with Crippen LogP contribution in [0.2, 0.25) is 0 Å². The lowest BCUT2D eigenvalue weighted by molar-refractivity contribution is 0.293. The predicted octanol–water partition coefficient (Wildman–Crippen LogP) is -0.399. The SMILES string of the molecule is COc1ccc(N)cc1NS(=O)(=O)CCNCCO. The molecule has 0 saturated heterocycles. The highest BCUT2D eigenvalue weighted by Crippen LogP contribution is 2.27. The van der Waals surface area contributed by atoms with E-state index in [2.05, 4.69) is 10.0 Å². The molecule has 0 saturated carbocycles. The number of nitrogen functional groups attached to an aromatic ring is 1. The second-order valence-electron chi connectivity index (χ2n) is 3.85. The number of nitrogens with one attached hydrogen (secondary N) is 2. The molecule has 0 aliphatic carbocycles. The summed E-state index contributed by atoms with van der Waals surface area (Å²) >= 11 is 0. The van der Waals surface area contributed by atoms with Gasteiger partial charge in [0.05, 0.1) is 25.2 Å². The molecule has 0 aliphatic heterocycles. The average molecular weight is 289 g/mol. The first kappa shape index (κ1) is 15.5. The van der Waals surface area contributed by atoms with Gasteiger partial charge in [0.2, 0.25) is 10.0 Å². The third-order valence-corrected chi connectivity index (χ3v) is 3.60. The molecule has 0 bridgehead atoms. The van der Waals surface area contributed by atoms with E-state index in [1.165, 1.54) is 13.2 Å². The Balaban J connectivity index is 2.69. The van der Waals surface area contributed by atoms with E-state index in [1.807, 2.05) is 0 Å². The summed E-state index contributed by atoms with van der Waals surface area (Å²) in [6, 6.07) is 4.72. The number of benzene rings is 1. The Bertz CT molecular complexity index is 505.